The lowest BCUT2D eigenvalue weighted by atomic mass is 9.96. The summed E-state index contributed by atoms with van der Waals surface area (Å²) in [6.07, 6.45) is 0. The van der Waals surface area contributed by atoms with Gasteiger partial charge in [0, 0.05) is 24.1 Å². The Hall–Kier alpha value is -0.950. The summed E-state index contributed by atoms with van der Waals surface area (Å²) < 4.78 is 6.50. The van der Waals surface area contributed by atoms with Gasteiger partial charge < -0.3 is 15.8 Å². The van der Waals surface area contributed by atoms with Crippen LogP contribution in [0.5, 0.6) is 0 Å². The number of amides is 1. The van der Waals surface area contributed by atoms with Crippen molar-refractivity contribution in [2.45, 2.75) is 25.0 Å². The van der Waals surface area contributed by atoms with E-state index in [-0.39, 0.29) is 24.0 Å². The first-order chi connectivity index (χ1) is 10.0. The number of likely N-dealkylation sites (N-methyl/N-ethyl adjacent to an activating group) is 1. The van der Waals surface area contributed by atoms with Crippen LogP contribution in [0.15, 0.2) is 28.7 Å². The monoisotopic (exact) mass is 355 g/mol. The Bertz CT molecular complexity index is 478. The van der Waals surface area contributed by atoms with Gasteiger partial charge in [-0.25, -0.2) is 0 Å². The van der Waals surface area contributed by atoms with Crippen molar-refractivity contribution in [3.63, 3.8) is 0 Å². The minimum Gasteiger partial charge on any atom is -0.378 e. The summed E-state index contributed by atoms with van der Waals surface area (Å²) in [5.74, 6) is -0.0301. The third-order valence-corrected chi connectivity index (χ3v) is 4.31. The molecular formula is C15H22BrN3O2. The van der Waals surface area contributed by atoms with Crippen molar-refractivity contribution in [2.24, 2.45) is 5.73 Å². The first kappa shape index (κ1) is 16.4. The van der Waals surface area contributed by atoms with Crippen LogP contribution in [0.25, 0.3) is 0 Å². The number of ether oxygens (including phenoxy) is 1. The van der Waals surface area contributed by atoms with Gasteiger partial charge in [-0.1, -0.05) is 28.1 Å². The first-order valence-electron chi connectivity index (χ1n) is 7.10. The average Bonchev–Trinajstić information content (AvgIpc) is 2.49. The molecule has 2 rings (SSSR count). The van der Waals surface area contributed by atoms with E-state index in [0.29, 0.717) is 19.8 Å². The molecule has 0 aliphatic carbocycles. The van der Waals surface area contributed by atoms with Crippen LogP contribution in [0.2, 0.25) is 0 Å². The van der Waals surface area contributed by atoms with Gasteiger partial charge in [0.1, 0.15) is 6.04 Å². The molecule has 6 heteroatoms. The van der Waals surface area contributed by atoms with Crippen LogP contribution in [-0.4, -0.2) is 49.7 Å². The first-order valence-corrected chi connectivity index (χ1v) is 7.90. The Morgan fingerprint density at radius 3 is 2.71 bits per heavy atom. The highest BCUT2D eigenvalue weighted by Gasteiger charge is 2.36. The zero-order chi connectivity index (χ0) is 15.4. The number of nitrogens with one attached hydrogen (secondary N) is 1. The lowest BCUT2D eigenvalue weighted by Gasteiger charge is -2.41. The topological polar surface area (TPSA) is 67.6 Å². The molecule has 0 spiro atoms. The molecule has 116 valence electrons. The molecule has 0 aromatic heterocycles. The molecule has 1 aliphatic heterocycles. The van der Waals surface area contributed by atoms with Crippen molar-refractivity contribution in [1.29, 1.82) is 0 Å². The molecule has 3 atom stereocenters. The third kappa shape index (κ3) is 3.83. The molecule has 1 aromatic rings. The Labute approximate surface area is 134 Å². The standard InChI is InChI=1S/C15H22BrN3O2/c1-10(17)14(11-3-5-12(16)6-4-11)19-7-8-21-9-13(19)15(20)18-2/h3-6,10,13-14H,7-9,17H2,1-2H3,(H,18,20). The van der Waals surface area contributed by atoms with Crippen LogP contribution in [0.1, 0.15) is 18.5 Å². The number of benzene rings is 1. The highest BCUT2D eigenvalue weighted by molar-refractivity contribution is 9.10. The number of rotatable bonds is 4. The van der Waals surface area contributed by atoms with E-state index in [1.807, 2.05) is 19.1 Å². The van der Waals surface area contributed by atoms with Crippen LogP contribution >= 0.6 is 15.9 Å². The lowest BCUT2D eigenvalue weighted by molar-refractivity contribution is -0.134. The van der Waals surface area contributed by atoms with Gasteiger partial charge in [-0.3, -0.25) is 9.69 Å². The van der Waals surface area contributed by atoms with Gasteiger partial charge in [0.05, 0.1) is 19.3 Å². The fourth-order valence-electron chi connectivity index (χ4n) is 2.80. The second-order valence-electron chi connectivity index (χ2n) is 5.30. The van der Waals surface area contributed by atoms with Crippen LogP contribution in [0, 0.1) is 0 Å². The van der Waals surface area contributed by atoms with Crippen LogP contribution in [0.3, 0.4) is 0 Å². The maximum absolute atomic E-state index is 12.1. The Morgan fingerprint density at radius 2 is 2.14 bits per heavy atom. The highest BCUT2D eigenvalue weighted by atomic mass is 79.9. The molecule has 3 N–H and O–H groups in total. The van der Waals surface area contributed by atoms with E-state index in [1.165, 1.54) is 0 Å². The molecule has 1 fully saturated rings. The fraction of sp³-hybridized carbons (Fsp3) is 0.533. The largest absolute Gasteiger partial charge is 0.378 e. The van der Waals surface area contributed by atoms with Crippen LogP contribution < -0.4 is 11.1 Å². The number of hydrogen-bond donors (Lipinski definition) is 2. The third-order valence-electron chi connectivity index (χ3n) is 3.79. The van der Waals surface area contributed by atoms with E-state index in [9.17, 15) is 4.79 Å². The van der Waals surface area contributed by atoms with Crippen molar-refractivity contribution in [3.8, 4) is 0 Å². The normalized spacial score (nSPS) is 22.6. The SMILES string of the molecule is CNC(=O)C1COCCN1C(c1ccc(Br)cc1)C(C)N. The van der Waals surface area contributed by atoms with Gasteiger partial charge in [-0.2, -0.15) is 0 Å². The molecule has 1 amide bonds. The Kier molecular flexibility index (Phi) is 5.75. The summed E-state index contributed by atoms with van der Waals surface area (Å²) >= 11 is 3.44. The minimum absolute atomic E-state index is 0.00991. The summed E-state index contributed by atoms with van der Waals surface area (Å²) in [6.45, 7) is 3.69. The molecule has 0 saturated carbocycles. The molecule has 21 heavy (non-hydrogen) atoms. The van der Waals surface area contributed by atoms with Gasteiger partial charge in [0.15, 0.2) is 0 Å². The van der Waals surface area contributed by atoms with Crippen LogP contribution in [0.4, 0.5) is 0 Å². The molecule has 1 aromatic carbocycles. The molecule has 1 saturated heterocycles. The molecule has 1 heterocycles. The van der Waals surface area contributed by atoms with E-state index in [4.69, 9.17) is 10.5 Å². The zero-order valence-corrected chi connectivity index (χ0v) is 14.0. The maximum atomic E-state index is 12.1. The van der Waals surface area contributed by atoms with Crippen molar-refractivity contribution < 1.29 is 9.53 Å². The second-order valence-corrected chi connectivity index (χ2v) is 6.21. The number of nitrogens with zero attached hydrogens (tertiary/aromatic N) is 1. The number of hydrogen-bond acceptors (Lipinski definition) is 4. The zero-order valence-electron chi connectivity index (χ0n) is 12.4. The smallest absolute Gasteiger partial charge is 0.239 e. The van der Waals surface area contributed by atoms with Crippen molar-refractivity contribution in [1.82, 2.24) is 10.2 Å². The maximum Gasteiger partial charge on any atom is 0.239 e. The number of carbonyl (C=O) groups is 1. The lowest BCUT2D eigenvalue weighted by Crippen LogP contribution is -2.56. The van der Waals surface area contributed by atoms with Gasteiger partial charge >= 0.3 is 0 Å². The summed E-state index contributed by atoms with van der Waals surface area (Å²) in [7, 11) is 1.65. The molecular weight excluding hydrogens is 334 g/mol. The van der Waals surface area contributed by atoms with Crippen LogP contribution in [-0.2, 0) is 9.53 Å². The number of halogens is 1. The van der Waals surface area contributed by atoms with Crippen molar-refractivity contribution in [2.75, 3.05) is 26.8 Å². The van der Waals surface area contributed by atoms with Gasteiger partial charge in [-0.05, 0) is 24.6 Å². The van der Waals surface area contributed by atoms with E-state index >= 15 is 0 Å². The molecule has 5 nitrogen and oxygen atoms in total. The molecule has 1 aliphatic rings. The van der Waals surface area contributed by atoms with Crippen molar-refractivity contribution in [3.05, 3.63) is 34.3 Å². The Morgan fingerprint density at radius 1 is 1.48 bits per heavy atom. The molecule has 0 radical (unpaired) electrons. The van der Waals surface area contributed by atoms with Gasteiger partial charge in [0.2, 0.25) is 5.91 Å². The van der Waals surface area contributed by atoms with Crippen molar-refractivity contribution >= 4 is 21.8 Å². The summed E-state index contributed by atoms with van der Waals surface area (Å²) in [4.78, 5) is 14.3. The Balaban J connectivity index is 2.31. The second kappa shape index (κ2) is 7.35. The van der Waals surface area contributed by atoms with E-state index in [0.717, 1.165) is 10.0 Å². The van der Waals surface area contributed by atoms with E-state index in [2.05, 4.69) is 38.3 Å². The number of carbonyl (C=O) groups excluding carboxylic acids is 1. The number of nitrogens with two attached hydrogens (primary N) is 1. The number of morpholine rings is 1. The summed E-state index contributed by atoms with van der Waals surface area (Å²) in [5, 5.41) is 2.71. The fourth-order valence-corrected chi connectivity index (χ4v) is 3.06. The quantitative estimate of drug-likeness (QED) is 0.853. The van der Waals surface area contributed by atoms with E-state index < -0.39 is 0 Å². The predicted octanol–water partition coefficient (Wildman–Crippen LogP) is 1.28. The van der Waals surface area contributed by atoms with E-state index in [1.54, 1.807) is 7.05 Å². The average molecular weight is 356 g/mol. The summed E-state index contributed by atoms with van der Waals surface area (Å²) in [5.41, 5.74) is 7.33. The van der Waals surface area contributed by atoms with Gasteiger partial charge in [0.25, 0.3) is 0 Å². The minimum atomic E-state index is -0.302. The predicted molar refractivity (Wildman–Crippen MR) is 85.9 cm³/mol. The molecule has 0 bridgehead atoms. The van der Waals surface area contributed by atoms with Gasteiger partial charge in [-0.15, -0.1) is 0 Å². The summed E-state index contributed by atoms with van der Waals surface area (Å²) in [6, 6.07) is 7.70. The highest BCUT2D eigenvalue weighted by Crippen LogP contribution is 2.28. The molecule has 3 unspecified atom stereocenters.